The van der Waals surface area contributed by atoms with E-state index in [0.29, 0.717) is 17.1 Å². The van der Waals surface area contributed by atoms with E-state index < -0.39 is 6.10 Å². The van der Waals surface area contributed by atoms with Crippen LogP contribution < -0.4 is 0 Å². The molecule has 2 aromatic heterocycles. The average Bonchev–Trinajstić information content (AvgIpc) is 2.56. The van der Waals surface area contributed by atoms with Crippen LogP contribution in [0.25, 0.3) is 0 Å². The van der Waals surface area contributed by atoms with E-state index in [0.717, 1.165) is 20.3 Å². The second-order valence-electron chi connectivity index (χ2n) is 4.21. The van der Waals surface area contributed by atoms with Crippen LogP contribution in [-0.4, -0.2) is 19.9 Å². The van der Waals surface area contributed by atoms with Crippen molar-refractivity contribution in [3.8, 4) is 0 Å². The zero-order valence-corrected chi connectivity index (χ0v) is 14.3. The summed E-state index contributed by atoms with van der Waals surface area (Å²) in [5.41, 5.74) is 2.13. The summed E-state index contributed by atoms with van der Waals surface area (Å²) in [7, 11) is 1.81. The second kappa shape index (κ2) is 5.91. The molecule has 0 bridgehead atoms. The van der Waals surface area contributed by atoms with Crippen molar-refractivity contribution < 1.29 is 5.11 Å². The van der Waals surface area contributed by atoms with Crippen LogP contribution >= 0.6 is 43.5 Å². The summed E-state index contributed by atoms with van der Waals surface area (Å²) in [5, 5.41) is 15.1. The zero-order chi connectivity index (χ0) is 14.2. The molecular weight excluding hydrogens is 397 g/mol. The average molecular weight is 410 g/mol. The molecule has 2 rings (SSSR count). The first-order valence-corrected chi connectivity index (χ1v) is 7.53. The maximum Gasteiger partial charge on any atom is 0.103 e. The summed E-state index contributed by atoms with van der Waals surface area (Å²) in [5.74, 6) is 0. The first kappa shape index (κ1) is 15.0. The molecule has 102 valence electrons. The number of aliphatic hydroxyl groups is 1. The third kappa shape index (κ3) is 3.18. The molecule has 7 heteroatoms. The molecule has 1 unspecified atom stereocenters. The number of hydrogen-bond donors (Lipinski definition) is 1. The summed E-state index contributed by atoms with van der Waals surface area (Å²) in [6, 6.07) is 1.85. The van der Waals surface area contributed by atoms with Gasteiger partial charge in [-0.15, -0.1) is 0 Å². The lowest BCUT2D eigenvalue weighted by atomic mass is 10.1. The first-order valence-electron chi connectivity index (χ1n) is 5.57. The fourth-order valence-corrected chi connectivity index (χ4v) is 3.34. The lowest BCUT2D eigenvalue weighted by molar-refractivity contribution is 0.170. The molecule has 0 saturated heterocycles. The molecule has 0 aliphatic rings. The maximum atomic E-state index is 10.3. The Morgan fingerprint density at radius 2 is 2.16 bits per heavy atom. The highest BCUT2D eigenvalue weighted by molar-refractivity contribution is 9.11. The predicted molar refractivity (Wildman–Crippen MR) is 81.3 cm³/mol. The Bertz CT molecular complexity index is 615. The van der Waals surface area contributed by atoms with E-state index in [-0.39, 0.29) is 0 Å². The quantitative estimate of drug-likeness (QED) is 0.843. The van der Waals surface area contributed by atoms with Gasteiger partial charge in [-0.3, -0.25) is 9.67 Å². The van der Waals surface area contributed by atoms with Crippen LogP contribution in [0, 0.1) is 6.92 Å². The number of pyridine rings is 1. The van der Waals surface area contributed by atoms with E-state index in [4.69, 9.17) is 11.6 Å². The summed E-state index contributed by atoms with van der Waals surface area (Å²) in [6.45, 7) is 1.84. The third-order valence-electron chi connectivity index (χ3n) is 2.80. The van der Waals surface area contributed by atoms with Gasteiger partial charge in [0, 0.05) is 28.6 Å². The Labute approximate surface area is 133 Å². The van der Waals surface area contributed by atoms with E-state index in [1.807, 2.05) is 20.0 Å². The minimum Gasteiger partial charge on any atom is -0.386 e. The first-order chi connectivity index (χ1) is 8.90. The van der Waals surface area contributed by atoms with Gasteiger partial charge in [-0.05, 0) is 44.8 Å². The molecule has 0 aromatic carbocycles. The van der Waals surface area contributed by atoms with E-state index >= 15 is 0 Å². The van der Waals surface area contributed by atoms with Crippen LogP contribution in [0.1, 0.15) is 23.2 Å². The molecule has 4 nitrogen and oxygen atoms in total. The number of aromatic nitrogens is 3. The fraction of sp³-hybridized carbons (Fsp3) is 0.333. The highest BCUT2D eigenvalue weighted by Gasteiger charge is 2.19. The van der Waals surface area contributed by atoms with Crippen molar-refractivity contribution in [3.63, 3.8) is 0 Å². The van der Waals surface area contributed by atoms with Crippen LogP contribution in [0.3, 0.4) is 0 Å². The summed E-state index contributed by atoms with van der Waals surface area (Å²) < 4.78 is 3.29. The number of halogens is 3. The number of aryl methyl sites for hydroxylation is 2. The minimum absolute atomic E-state index is 0.364. The van der Waals surface area contributed by atoms with Gasteiger partial charge in [-0.25, -0.2) is 0 Å². The Kier molecular flexibility index (Phi) is 4.66. The smallest absolute Gasteiger partial charge is 0.103 e. The van der Waals surface area contributed by atoms with Crippen LogP contribution in [0.4, 0.5) is 0 Å². The van der Waals surface area contributed by atoms with Crippen molar-refractivity contribution >= 4 is 43.5 Å². The van der Waals surface area contributed by atoms with Crippen molar-refractivity contribution in [2.24, 2.45) is 7.05 Å². The van der Waals surface area contributed by atoms with Gasteiger partial charge < -0.3 is 5.11 Å². The molecule has 1 N–H and O–H groups in total. The van der Waals surface area contributed by atoms with Gasteiger partial charge in [0.05, 0.1) is 22.1 Å². The van der Waals surface area contributed by atoms with E-state index in [9.17, 15) is 5.11 Å². The molecule has 0 aliphatic heterocycles. The van der Waals surface area contributed by atoms with Crippen molar-refractivity contribution in [1.29, 1.82) is 0 Å². The van der Waals surface area contributed by atoms with Crippen LogP contribution in [-0.2, 0) is 13.5 Å². The van der Waals surface area contributed by atoms with Crippen molar-refractivity contribution in [2.75, 3.05) is 0 Å². The molecule has 0 amide bonds. The van der Waals surface area contributed by atoms with Gasteiger partial charge in [-0.1, -0.05) is 11.6 Å². The molecule has 2 heterocycles. The second-order valence-corrected chi connectivity index (χ2v) is 6.36. The molecule has 0 saturated carbocycles. The summed E-state index contributed by atoms with van der Waals surface area (Å²) in [6.07, 6.45) is 1.28. The van der Waals surface area contributed by atoms with Gasteiger partial charge in [0.25, 0.3) is 0 Å². The summed E-state index contributed by atoms with van der Waals surface area (Å²) in [4.78, 5) is 4.22. The molecule has 0 radical (unpaired) electrons. The molecular formula is C12H12Br2ClN3O. The monoisotopic (exact) mass is 407 g/mol. The van der Waals surface area contributed by atoms with Gasteiger partial charge in [0.15, 0.2) is 0 Å². The van der Waals surface area contributed by atoms with Gasteiger partial charge in [0.2, 0.25) is 0 Å². The van der Waals surface area contributed by atoms with E-state index in [2.05, 4.69) is 41.9 Å². The zero-order valence-electron chi connectivity index (χ0n) is 10.4. The Hall–Kier alpha value is -0.430. The largest absolute Gasteiger partial charge is 0.386 e. The Morgan fingerprint density at radius 1 is 1.47 bits per heavy atom. The van der Waals surface area contributed by atoms with Crippen molar-refractivity contribution in [2.45, 2.75) is 19.4 Å². The fourth-order valence-electron chi connectivity index (χ4n) is 1.85. The number of hydrogen-bond acceptors (Lipinski definition) is 3. The topological polar surface area (TPSA) is 50.9 Å². The van der Waals surface area contributed by atoms with Crippen molar-refractivity contribution in [1.82, 2.24) is 14.8 Å². The molecule has 1 atom stereocenters. The molecule has 0 fully saturated rings. The van der Waals surface area contributed by atoms with Gasteiger partial charge in [0.1, 0.15) is 6.10 Å². The number of rotatable bonds is 3. The predicted octanol–water partition coefficient (Wildman–Crippen LogP) is 3.58. The normalized spacial score (nSPS) is 12.7. The van der Waals surface area contributed by atoms with Crippen LogP contribution in [0.5, 0.6) is 0 Å². The molecule has 2 aromatic rings. The maximum absolute atomic E-state index is 10.3. The number of nitrogens with zero attached hydrogens (tertiary/aromatic N) is 3. The number of aliphatic hydroxyl groups excluding tert-OH is 1. The minimum atomic E-state index is -0.741. The van der Waals surface area contributed by atoms with Crippen LogP contribution in [0.15, 0.2) is 21.2 Å². The lowest BCUT2D eigenvalue weighted by Gasteiger charge is -2.12. The Morgan fingerprint density at radius 3 is 2.68 bits per heavy atom. The highest BCUT2D eigenvalue weighted by Crippen LogP contribution is 2.29. The molecule has 0 aliphatic carbocycles. The van der Waals surface area contributed by atoms with Gasteiger partial charge in [-0.2, -0.15) is 5.10 Å². The Balaban J connectivity index is 2.28. The lowest BCUT2D eigenvalue weighted by Crippen LogP contribution is -2.09. The third-order valence-corrected chi connectivity index (χ3v) is 4.36. The molecule has 19 heavy (non-hydrogen) atoms. The standard InChI is InChI=1S/C12H12Br2ClN3O/c1-6-11(15)9(18(2)17-6)4-10(19)12-8(14)3-7(13)5-16-12/h3,5,10,19H,4H2,1-2H3. The van der Waals surface area contributed by atoms with E-state index in [1.54, 1.807) is 10.9 Å². The van der Waals surface area contributed by atoms with Crippen LogP contribution in [0.2, 0.25) is 5.02 Å². The SMILES string of the molecule is Cc1nn(C)c(CC(O)c2ncc(Br)cc2Br)c1Cl. The highest BCUT2D eigenvalue weighted by atomic mass is 79.9. The summed E-state index contributed by atoms with van der Waals surface area (Å²) >= 11 is 12.9. The van der Waals surface area contributed by atoms with E-state index in [1.165, 1.54) is 0 Å². The van der Waals surface area contributed by atoms with Gasteiger partial charge >= 0.3 is 0 Å². The molecule has 0 spiro atoms. The van der Waals surface area contributed by atoms with Crippen molar-refractivity contribution in [3.05, 3.63) is 43.3 Å².